The molecule has 3 heterocycles. The molecular weight excluding hydrogens is 431 g/mol. The number of nitrogens with two attached hydrogens (primary N) is 2. The van der Waals surface area contributed by atoms with Gasteiger partial charge in [-0.05, 0) is 0 Å². The van der Waals surface area contributed by atoms with Crippen LogP contribution in [0.5, 0.6) is 0 Å². The van der Waals surface area contributed by atoms with Gasteiger partial charge in [-0.25, -0.2) is 0 Å². The van der Waals surface area contributed by atoms with Gasteiger partial charge in [-0.15, -0.1) is 0 Å². The van der Waals surface area contributed by atoms with Gasteiger partial charge in [0.05, 0.1) is 0 Å². The topological polar surface area (TPSA) is 162 Å². The summed E-state index contributed by atoms with van der Waals surface area (Å²) in [7, 11) is 0. The predicted molar refractivity (Wildman–Crippen MR) is 102 cm³/mol. The van der Waals surface area contributed by atoms with Crippen LogP contribution >= 0.6 is 0 Å². The number of aliphatic hydroxyl groups is 2. The van der Waals surface area contributed by atoms with E-state index in [1.54, 1.807) is 10.8 Å². The first kappa shape index (κ1) is 20.7. The van der Waals surface area contributed by atoms with E-state index >= 15 is 0 Å². The average molecular weight is 454 g/mol. The molecule has 0 aromatic carbocycles. The van der Waals surface area contributed by atoms with Gasteiger partial charge in [0.2, 0.25) is 0 Å². The van der Waals surface area contributed by atoms with Gasteiger partial charge in [-0.3, -0.25) is 0 Å². The zero-order chi connectivity index (χ0) is 20.3. The van der Waals surface area contributed by atoms with Gasteiger partial charge in [-0.1, -0.05) is 0 Å². The Balaban J connectivity index is 1.70. The number of hydrogen-bond acceptors (Lipinski definition) is 8. The monoisotopic (exact) mass is 455 g/mol. The first-order valence-electron chi connectivity index (χ1n) is 8.69. The Hall–Kier alpha value is -2.06. The third-order valence-corrected chi connectivity index (χ3v) is 9.21. The first-order valence-corrected chi connectivity index (χ1v) is 12.3. The number of primary amides is 1. The van der Waals surface area contributed by atoms with Crippen molar-refractivity contribution >= 4 is 31.0 Å². The number of carbonyl (C=O) groups is 1. The maximum absolute atomic E-state index is 11.1. The third-order valence-electron chi connectivity index (χ3n) is 4.62. The van der Waals surface area contributed by atoms with Gasteiger partial charge < -0.3 is 0 Å². The minimum absolute atomic E-state index is 0.444. The van der Waals surface area contributed by atoms with E-state index in [0.717, 1.165) is 0 Å². The number of fused-ring (bicyclic) bond motifs is 1. The molecule has 6 N–H and O–H groups in total. The van der Waals surface area contributed by atoms with Crippen molar-refractivity contribution in [2.45, 2.75) is 53.0 Å². The van der Waals surface area contributed by atoms with Crippen LogP contribution in [0.3, 0.4) is 0 Å². The zero-order valence-electron chi connectivity index (χ0n) is 15.1. The molecule has 150 valence electrons. The SMILES string of the molecule is C#CC[Se+](CC[C@H](N)C(N)=O)C[C@H]1O[C@@H](n2cnc3cncnc32)[C@H](O)[C@@H]1O. The van der Waals surface area contributed by atoms with E-state index in [1.807, 2.05) is 0 Å². The van der Waals surface area contributed by atoms with E-state index in [2.05, 4.69) is 20.9 Å². The summed E-state index contributed by atoms with van der Waals surface area (Å²) < 4.78 is 7.56. The third kappa shape index (κ3) is 4.33. The van der Waals surface area contributed by atoms with E-state index in [-0.39, 0.29) is 0 Å². The summed E-state index contributed by atoms with van der Waals surface area (Å²) in [6.07, 6.45) is 6.77. The van der Waals surface area contributed by atoms with Crippen LogP contribution in [0.2, 0.25) is 16.0 Å². The van der Waals surface area contributed by atoms with E-state index in [0.29, 0.717) is 33.5 Å². The zero-order valence-corrected chi connectivity index (χ0v) is 16.8. The summed E-state index contributed by atoms with van der Waals surface area (Å²) in [4.78, 5) is 23.4. The van der Waals surface area contributed by atoms with Gasteiger partial charge in [0, 0.05) is 0 Å². The van der Waals surface area contributed by atoms with Gasteiger partial charge in [0.25, 0.3) is 0 Å². The molecule has 1 amide bonds. The van der Waals surface area contributed by atoms with E-state index in [9.17, 15) is 15.0 Å². The minimum atomic E-state index is -1.42. The van der Waals surface area contributed by atoms with E-state index < -0.39 is 50.4 Å². The Labute approximate surface area is 166 Å². The molecule has 0 aliphatic carbocycles. The van der Waals surface area contributed by atoms with Crippen LogP contribution in [0.4, 0.5) is 0 Å². The summed E-state index contributed by atoms with van der Waals surface area (Å²) >= 11 is -1.42. The maximum atomic E-state index is 11.1. The molecule has 11 heteroatoms. The van der Waals surface area contributed by atoms with Crippen molar-refractivity contribution in [2.24, 2.45) is 11.5 Å². The molecule has 1 unspecified atom stereocenters. The van der Waals surface area contributed by atoms with Crippen LogP contribution < -0.4 is 11.5 Å². The van der Waals surface area contributed by atoms with Crippen molar-refractivity contribution in [3.8, 4) is 12.3 Å². The van der Waals surface area contributed by atoms with Crippen LogP contribution in [-0.4, -0.2) is 73.9 Å². The van der Waals surface area contributed by atoms with E-state index in [4.69, 9.17) is 22.6 Å². The number of terminal acetylenes is 1. The van der Waals surface area contributed by atoms with Crippen LogP contribution in [0.15, 0.2) is 18.9 Å². The second-order valence-electron chi connectivity index (χ2n) is 6.56. The molecule has 0 spiro atoms. The Morgan fingerprint density at radius 2 is 2.21 bits per heavy atom. The number of ether oxygens (including phenoxy) is 1. The molecule has 0 saturated carbocycles. The molecule has 6 atom stereocenters. The number of rotatable bonds is 8. The molecular formula is C17H23N6O4Se+. The second-order valence-corrected chi connectivity index (χ2v) is 11.3. The van der Waals surface area contributed by atoms with Crippen molar-refractivity contribution in [1.82, 2.24) is 19.5 Å². The van der Waals surface area contributed by atoms with Crippen molar-refractivity contribution in [3.63, 3.8) is 0 Å². The predicted octanol–water partition coefficient (Wildman–Crippen LogP) is -1.22. The molecule has 28 heavy (non-hydrogen) atoms. The van der Waals surface area contributed by atoms with Crippen LogP contribution in [0.1, 0.15) is 12.6 Å². The van der Waals surface area contributed by atoms with Gasteiger partial charge >= 0.3 is 166 Å². The molecule has 2 aromatic rings. The number of nitrogens with zero attached hydrogens (tertiary/aromatic N) is 4. The molecule has 10 nitrogen and oxygen atoms in total. The molecule has 0 bridgehead atoms. The number of aliphatic hydroxyl groups excluding tert-OH is 2. The number of hydrogen-bond donors (Lipinski definition) is 4. The van der Waals surface area contributed by atoms with Gasteiger partial charge in [0.1, 0.15) is 0 Å². The quantitative estimate of drug-likeness (QED) is 0.285. The van der Waals surface area contributed by atoms with Crippen molar-refractivity contribution < 1.29 is 19.7 Å². The number of imidazole rings is 1. The summed E-state index contributed by atoms with van der Waals surface area (Å²) in [6.45, 7) is 0. The standard InChI is InChI=1S/C17H22N6O4Se/c1-2-4-28(5-3-10(18)15(19)26)7-12-13(24)14(25)17(27-12)23-9-22-11-6-20-8-21-16(11)23/h1,6,8-10,12-14,17,24-25H,3-5,7,18H2,(H-,19,26)/p+1/t10-,12+,13+,14+,17+,28?/m0/s1. The molecule has 2 aromatic heterocycles. The summed E-state index contributed by atoms with van der Waals surface area (Å²) in [5.74, 6) is 2.10. The first-order chi connectivity index (χ1) is 13.4. The van der Waals surface area contributed by atoms with Crippen molar-refractivity contribution in [2.75, 3.05) is 0 Å². The Morgan fingerprint density at radius 1 is 1.43 bits per heavy atom. The van der Waals surface area contributed by atoms with Crippen molar-refractivity contribution in [3.05, 3.63) is 18.9 Å². The molecule has 1 aliphatic rings. The van der Waals surface area contributed by atoms with Crippen molar-refractivity contribution in [1.29, 1.82) is 0 Å². The molecule has 3 rings (SSSR count). The fourth-order valence-corrected chi connectivity index (χ4v) is 7.25. The molecule has 1 aliphatic heterocycles. The van der Waals surface area contributed by atoms with Crippen LogP contribution in [-0.2, 0) is 9.53 Å². The number of carbonyl (C=O) groups excluding carboxylic acids is 1. The normalized spacial score (nSPS) is 26.8. The summed E-state index contributed by atoms with van der Waals surface area (Å²) in [5, 5.41) is 22.8. The average Bonchev–Trinajstić information content (AvgIpc) is 3.22. The van der Waals surface area contributed by atoms with Gasteiger partial charge in [-0.2, -0.15) is 0 Å². The Morgan fingerprint density at radius 3 is 2.93 bits per heavy atom. The van der Waals surface area contributed by atoms with Crippen LogP contribution in [0.25, 0.3) is 11.2 Å². The Bertz CT molecular complexity index is 871. The molecule has 1 fully saturated rings. The number of aromatic nitrogens is 4. The fraction of sp³-hybridized carbons (Fsp3) is 0.529. The molecule has 0 radical (unpaired) electrons. The fourth-order valence-electron chi connectivity index (χ4n) is 3.07. The Kier molecular flexibility index (Phi) is 6.61. The summed E-state index contributed by atoms with van der Waals surface area (Å²) in [5.41, 5.74) is 12.0. The number of amides is 1. The summed E-state index contributed by atoms with van der Waals surface area (Å²) in [6, 6.07) is -0.714. The molecule has 1 saturated heterocycles. The van der Waals surface area contributed by atoms with E-state index in [1.165, 1.54) is 12.7 Å². The van der Waals surface area contributed by atoms with Crippen LogP contribution in [0, 0.1) is 12.3 Å². The second kappa shape index (κ2) is 8.96. The van der Waals surface area contributed by atoms with Gasteiger partial charge in [0.15, 0.2) is 0 Å².